The predicted octanol–water partition coefficient (Wildman–Crippen LogP) is 4.53. The number of aromatic nitrogens is 2. The van der Waals surface area contributed by atoms with E-state index in [-0.39, 0.29) is 6.61 Å². The first-order chi connectivity index (χ1) is 12.5. The first-order valence-electron chi connectivity index (χ1n) is 9.12. The first-order valence-corrected chi connectivity index (χ1v) is 9.91. The van der Waals surface area contributed by atoms with Crippen LogP contribution in [0.15, 0.2) is 34.8 Å². The summed E-state index contributed by atoms with van der Waals surface area (Å²) < 4.78 is 8.47. The number of rotatable bonds is 7. The minimum absolute atomic E-state index is 0.193. The molecule has 0 saturated heterocycles. The van der Waals surface area contributed by atoms with Crippen LogP contribution in [0.2, 0.25) is 0 Å². The Balaban J connectivity index is 1.61. The van der Waals surface area contributed by atoms with Gasteiger partial charge >= 0.3 is 5.97 Å². The molecule has 1 aliphatic rings. The van der Waals surface area contributed by atoms with Crippen molar-refractivity contribution in [2.24, 2.45) is 11.8 Å². The lowest BCUT2D eigenvalue weighted by Crippen LogP contribution is -2.23. The Labute approximate surface area is 162 Å². The zero-order valence-electron chi connectivity index (χ0n) is 15.0. The van der Waals surface area contributed by atoms with Gasteiger partial charge in [-0.2, -0.15) is 5.10 Å². The average molecular weight is 421 g/mol. The summed E-state index contributed by atoms with van der Waals surface area (Å²) in [5.41, 5.74) is 3.34. The van der Waals surface area contributed by atoms with Gasteiger partial charge < -0.3 is 9.84 Å². The molecule has 0 bridgehead atoms. The summed E-state index contributed by atoms with van der Waals surface area (Å²) in [5, 5.41) is 13.4. The number of aryl methyl sites for hydroxylation is 1. The smallest absolute Gasteiger partial charge is 0.329 e. The number of carboxylic acids is 1. The van der Waals surface area contributed by atoms with Gasteiger partial charge in [0.2, 0.25) is 0 Å². The van der Waals surface area contributed by atoms with Crippen LogP contribution in [0.1, 0.15) is 31.4 Å². The fourth-order valence-electron chi connectivity index (χ4n) is 3.70. The number of halogens is 1. The van der Waals surface area contributed by atoms with Gasteiger partial charge in [-0.1, -0.05) is 30.3 Å². The minimum Gasteiger partial charge on any atom is -0.480 e. The van der Waals surface area contributed by atoms with Crippen molar-refractivity contribution in [3.05, 3.63) is 40.5 Å². The summed E-state index contributed by atoms with van der Waals surface area (Å²) >= 11 is 3.70. The number of nitrogens with zero attached hydrogens (tertiary/aromatic N) is 2. The van der Waals surface area contributed by atoms with Crippen LogP contribution in [-0.4, -0.2) is 34.1 Å². The standard InChI is InChI=1S/C20H25BrN2O3/c1-14-19(21)20(17-5-3-2-4-6-17)23(22-14)11-15-7-9-16(10-8-15)12-26-13-18(24)25/h2-6,15-16H,7-13H2,1H3,(H,24,25)/t15-,16-. The molecule has 1 aliphatic carbocycles. The highest BCUT2D eigenvalue weighted by Crippen LogP contribution is 2.34. The zero-order valence-corrected chi connectivity index (χ0v) is 16.6. The Morgan fingerprint density at radius 3 is 2.54 bits per heavy atom. The van der Waals surface area contributed by atoms with Crippen molar-refractivity contribution in [1.82, 2.24) is 9.78 Å². The largest absolute Gasteiger partial charge is 0.480 e. The maximum Gasteiger partial charge on any atom is 0.329 e. The van der Waals surface area contributed by atoms with E-state index in [2.05, 4.69) is 44.9 Å². The molecule has 1 heterocycles. The van der Waals surface area contributed by atoms with E-state index in [0.717, 1.165) is 48.1 Å². The van der Waals surface area contributed by atoms with Crippen molar-refractivity contribution in [3.63, 3.8) is 0 Å². The number of carboxylic acid groups (broad SMARTS) is 1. The molecule has 1 fully saturated rings. The van der Waals surface area contributed by atoms with Gasteiger partial charge in [-0.3, -0.25) is 4.68 Å². The Bertz CT molecular complexity index is 737. The minimum atomic E-state index is -0.897. The maximum absolute atomic E-state index is 10.5. The second kappa shape index (κ2) is 8.82. The lowest BCUT2D eigenvalue weighted by molar-refractivity contribution is -0.142. The van der Waals surface area contributed by atoms with Gasteiger partial charge in [0.05, 0.1) is 22.5 Å². The molecule has 0 atom stereocenters. The van der Waals surface area contributed by atoms with Gasteiger partial charge in [0.1, 0.15) is 6.61 Å². The van der Waals surface area contributed by atoms with E-state index in [1.807, 2.05) is 13.0 Å². The number of aliphatic carboxylic acids is 1. The van der Waals surface area contributed by atoms with Gasteiger partial charge in [0.25, 0.3) is 0 Å². The maximum atomic E-state index is 10.5. The SMILES string of the molecule is Cc1nn(C[C@H]2CC[C@H](COCC(=O)O)CC2)c(-c2ccccc2)c1Br. The van der Waals surface area contributed by atoms with Crippen molar-refractivity contribution in [1.29, 1.82) is 0 Å². The summed E-state index contributed by atoms with van der Waals surface area (Å²) in [6, 6.07) is 10.4. The molecule has 26 heavy (non-hydrogen) atoms. The average Bonchev–Trinajstić information content (AvgIpc) is 2.91. The lowest BCUT2D eigenvalue weighted by Gasteiger charge is -2.28. The van der Waals surface area contributed by atoms with Crippen LogP contribution in [0.4, 0.5) is 0 Å². The van der Waals surface area contributed by atoms with Gasteiger partial charge in [0.15, 0.2) is 0 Å². The topological polar surface area (TPSA) is 64.4 Å². The quantitative estimate of drug-likeness (QED) is 0.714. The lowest BCUT2D eigenvalue weighted by atomic mass is 9.82. The molecule has 1 aromatic carbocycles. The third kappa shape index (κ3) is 4.74. The summed E-state index contributed by atoms with van der Waals surface area (Å²) in [4.78, 5) is 10.5. The highest BCUT2D eigenvalue weighted by molar-refractivity contribution is 9.10. The molecule has 0 radical (unpaired) electrons. The molecule has 0 unspecified atom stereocenters. The van der Waals surface area contributed by atoms with Crippen LogP contribution in [0.3, 0.4) is 0 Å². The predicted molar refractivity (Wildman–Crippen MR) is 104 cm³/mol. The zero-order chi connectivity index (χ0) is 18.5. The fraction of sp³-hybridized carbons (Fsp3) is 0.500. The van der Waals surface area contributed by atoms with Crippen molar-refractivity contribution in [2.45, 2.75) is 39.2 Å². The first kappa shape index (κ1) is 19.1. The molecule has 0 amide bonds. The number of hydrogen-bond donors (Lipinski definition) is 1. The van der Waals surface area contributed by atoms with Gasteiger partial charge in [-0.05, 0) is 60.4 Å². The summed E-state index contributed by atoms with van der Waals surface area (Å²) in [6.45, 7) is 3.31. The third-order valence-electron chi connectivity index (χ3n) is 5.08. The fourth-order valence-corrected chi connectivity index (χ4v) is 4.21. The van der Waals surface area contributed by atoms with E-state index < -0.39 is 5.97 Å². The highest BCUT2D eigenvalue weighted by atomic mass is 79.9. The second-order valence-electron chi connectivity index (χ2n) is 7.09. The molecule has 0 aliphatic heterocycles. The Kier molecular flexibility index (Phi) is 6.48. The second-order valence-corrected chi connectivity index (χ2v) is 7.88. The van der Waals surface area contributed by atoms with Gasteiger partial charge in [-0.25, -0.2) is 4.79 Å². The van der Waals surface area contributed by atoms with Crippen LogP contribution in [0.5, 0.6) is 0 Å². The van der Waals surface area contributed by atoms with Crippen molar-refractivity contribution >= 4 is 21.9 Å². The van der Waals surface area contributed by atoms with Gasteiger partial charge in [-0.15, -0.1) is 0 Å². The molecule has 1 saturated carbocycles. The molecule has 5 nitrogen and oxygen atoms in total. The van der Waals surface area contributed by atoms with Crippen LogP contribution in [0.25, 0.3) is 11.3 Å². The summed E-state index contributed by atoms with van der Waals surface area (Å²) in [5.74, 6) is 0.177. The van der Waals surface area contributed by atoms with Crippen molar-refractivity contribution in [3.8, 4) is 11.3 Å². The summed E-state index contributed by atoms with van der Waals surface area (Å²) in [7, 11) is 0. The van der Waals surface area contributed by atoms with Crippen LogP contribution in [0, 0.1) is 18.8 Å². The van der Waals surface area contributed by atoms with Crippen LogP contribution in [-0.2, 0) is 16.1 Å². The van der Waals surface area contributed by atoms with E-state index in [1.165, 1.54) is 5.56 Å². The number of benzene rings is 1. The van der Waals surface area contributed by atoms with E-state index in [1.54, 1.807) is 0 Å². The molecule has 6 heteroatoms. The molecule has 1 N–H and O–H groups in total. The van der Waals surface area contributed by atoms with E-state index >= 15 is 0 Å². The van der Waals surface area contributed by atoms with Crippen LogP contribution < -0.4 is 0 Å². The van der Waals surface area contributed by atoms with E-state index in [0.29, 0.717) is 18.4 Å². The molecular formula is C20H25BrN2O3. The van der Waals surface area contributed by atoms with Crippen LogP contribution >= 0.6 is 15.9 Å². The van der Waals surface area contributed by atoms with E-state index in [4.69, 9.17) is 14.9 Å². The Hall–Kier alpha value is -1.66. The number of hydrogen-bond acceptors (Lipinski definition) is 3. The number of ether oxygens (including phenoxy) is 1. The van der Waals surface area contributed by atoms with Gasteiger partial charge in [0, 0.05) is 12.1 Å². The third-order valence-corrected chi connectivity index (χ3v) is 6.03. The molecular weight excluding hydrogens is 396 g/mol. The molecule has 0 spiro atoms. The monoisotopic (exact) mass is 420 g/mol. The number of carbonyl (C=O) groups is 1. The Morgan fingerprint density at radius 1 is 1.23 bits per heavy atom. The molecule has 140 valence electrons. The Morgan fingerprint density at radius 2 is 1.88 bits per heavy atom. The normalized spacial score (nSPS) is 20.2. The molecule has 3 rings (SSSR count). The summed E-state index contributed by atoms with van der Waals surface area (Å²) in [6.07, 6.45) is 4.44. The van der Waals surface area contributed by atoms with Crippen molar-refractivity contribution in [2.75, 3.05) is 13.2 Å². The van der Waals surface area contributed by atoms with Crippen molar-refractivity contribution < 1.29 is 14.6 Å². The molecule has 2 aromatic rings. The molecule has 1 aromatic heterocycles. The highest BCUT2D eigenvalue weighted by Gasteiger charge is 2.24. The van der Waals surface area contributed by atoms with E-state index in [9.17, 15) is 4.79 Å².